The van der Waals surface area contributed by atoms with Crippen LogP contribution in [0.4, 0.5) is 4.79 Å². The topological polar surface area (TPSA) is 58.6 Å². The molecule has 1 N–H and O–H groups in total. The summed E-state index contributed by atoms with van der Waals surface area (Å²) in [5, 5.41) is 3.41. The molecule has 1 saturated heterocycles. The van der Waals surface area contributed by atoms with Gasteiger partial charge in [-0.3, -0.25) is 4.79 Å². The SMILES string of the molecule is CCC(C)OC(=O)N1CC(C)(C)NC(C)(C)CC1=O. The number of hydrogen-bond acceptors (Lipinski definition) is 4. The number of carbonyl (C=O) groups excluding carboxylic acids is 2. The lowest BCUT2D eigenvalue weighted by Gasteiger charge is -2.34. The summed E-state index contributed by atoms with van der Waals surface area (Å²) >= 11 is 0. The van der Waals surface area contributed by atoms with Crippen LogP contribution in [-0.2, 0) is 9.53 Å². The molecule has 0 aliphatic carbocycles. The molecule has 5 heteroatoms. The van der Waals surface area contributed by atoms with Crippen molar-refractivity contribution in [3.05, 3.63) is 0 Å². The monoisotopic (exact) mass is 270 g/mol. The van der Waals surface area contributed by atoms with Crippen molar-refractivity contribution in [1.82, 2.24) is 10.2 Å². The first-order chi connectivity index (χ1) is 8.56. The standard InChI is InChI=1S/C14H26N2O3/c1-7-10(2)19-12(18)16-9-14(5,6)15-13(3,4)8-11(16)17/h10,15H,7-9H2,1-6H3. The molecule has 0 aromatic heterocycles. The number of amides is 2. The van der Waals surface area contributed by atoms with Gasteiger partial charge in [-0.05, 0) is 41.0 Å². The maximum absolute atomic E-state index is 12.2. The number of rotatable bonds is 2. The zero-order valence-corrected chi connectivity index (χ0v) is 12.9. The normalized spacial score (nSPS) is 23.7. The van der Waals surface area contributed by atoms with Crippen molar-refractivity contribution in [2.45, 2.75) is 71.6 Å². The number of nitrogens with one attached hydrogen (secondary N) is 1. The third-order valence-corrected chi connectivity index (χ3v) is 3.22. The van der Waals surface area contributed by atoms with Gasteiger partial charge in [-0.2, -0.15) is 0 Å². The first-order valence-corrected chi connectivity index (χ1v) is 6.86. The molecule has 0 bridgehead atoms. The molecule has 2 amide bonds. The fourth-order valence-corrected chi connectivity index (χ4v) is 2.44. The molecule has 0 radical (unpaired) electrons. The van der Waals surface area contributed by atoms with Gasteiger partial charge in [0.25, 0.3) is 0 Å². The maximum Gasteiger partial charge on any atom is 0.416 e. The maximum atomic E-state index is 12.2. The molecule has 1 heterocycles. The summed E-state index contributed by atoms with van der Waals surface area (Å²) in [4.78, 5) is 25.5. The summed E-state index contributed by atoms with van der Waals surface area (Å²) in [5.41, 5.74) is -0.657. The highest BCUT2D eigenvalue weighted by Gasteiger charge is 2.40. The van der Waals surface area contributed by atoms with Crippen LogP contribution in [0.25, 0.3) is 0 Å². The van der Waals surface area contributed by atoms with Gasteiger partial charge >= 0.3 is 6.09 Å². The Labute approximate surface area is 115 Å². The second kappa shape index (κ2) is 5.49. The predicted octanol–water partition coefficient (Wildman–Crippen LogP) is 2.30. The van der Waals surface area contributed by atoms with E-state index in [9.17, 15) is 9.59 Å². The molecule has 19 heavy (non-hydrogen) atoms. The smallest absolute Gasteiger partial charge is 0.416 e. The second-order valence-corrected chi connectivity index (χ2v) is 6.65. The number of carbonyl (C=O) groups is 2. The molecule has 0 spiro atoms. The van der Waals surface area contributed by atoms with E-state index in [1.807, 2.05) is 41.5 Å². The Hall–Kier alpha value is -1.10. The van der Waals surface area contributed by atoms with E-state index in [0.717, 1.165) is 6.42 Å². The highest BCUT2D eigenvalue weighted by Crippen LogP contribution is 2.23. The highest BCUT2D eigenvalue weighted by molar-refractivity contribution is 5.93. The number of hydrogen-bond donors (Lipinski definition) is 1. The summed E-state index contributed by atoms with van der Waals surface area (Å²) in [6, 6.07) is 0. The van der Waals surface area contributed by atoms with Crippen LogP contribution in [0.15, 0.2) is 0 Å². The van der Waals surface area contributed by atoms with Crippen molar-refractivity contribution in [3.63, 3.8) is 0 Å². The summed E-state index contributed by atoms with van der Waals surface area (Å²) < 4.78 is 5.26. The fourth-order valence-electron chi connectivity index (χ4n) is 2.44. The van der Waals surface area contributed by atoms with Gasteiger partial charge in [0.15, 0.2) is 0 Å². The molecule has 5 nitrogen and oxygen atoms in total. The van der Waals surface area contributed by atoms with E-state index < -0.39 is 6.09 Å². The van der Waals surface area contributed by atoms with E-state index >= 15 is 0 Å². The van der Waals surface area contributed by atoms with Crippen LogP contribution in [0.5, 0.6) is 0 Å². The van der Waals surface area contributed by atoms with Gasteiger partial charge in [-0.15, -0.1) is 0 Å². The second-order valence-electron chi connectivity index (χ2n) is 6.65. The zero-order valence-electron chi connectivity index (χ0n) is 12.9. The molecule has 1 aliphatic heterocycles. The average Bonchev–Trinajstić information content (AvgIpc) is 2.30. The van der Waals surface area contributed by atoms with E-state index in [-0.39, 0.29) is 29.5 Å². The lowest BCUT2D eigenvalue weighted by atomic mass is 9.96. The van der Waals surface area contributed by atoms with E-state index in [1.54, 1.807) is 0 Å². The first kappa shape index (κ1) is 16.0. The Kier molecular flexibility index (Phi) is 4.61. The van der Waals surface area contributed by atoms with Gasteiger partial charge in [0, 0.05) is 24.0 Å². The summed E-state index contributed by atoms with van der Waals surface area (Å²) in [6.45, 7) is 12.0. The lowest BCUT2D eigenvalue weighted by Crippen LogP contribution is -2.54. The molecule has 1 aliphatic rings. The van der Waals surface area contributed by atoms with Crippen LogP contribution >= 0.6 is 0 Å². The largest absolute Gasteiger partial charge is 0.446 e. The van der Waals surface area contributed by atoms with Gasteiger partial charge in [-0.1, -0.05) is 6.92 Å². The van der Waals surface area contributed by atoms with Gasteiger partial charge in [0.2, 0.25) is 5.91 Å². The molecule has 0 saturated carbocycles. The minimum absolute atomic E-state index is 0.173. The Balaban J connectivity index is 2.88. The van der Waals surface area contributed by atoms with Crippen LogP contribution in [-0.4, -0.2) is 40.6 Å². The first-order valence-electron chi connectivity index (χ1n) is 6.86. The van der Waals surface area contributed by atoms with Gasteiger partial charge in [-0.25, -0.2) is 9.69 Å². The van der Waals surface area contributed by atoms with Crippen molar-refractivity contribution in [3.8, 4) is 0 Å². The van der Waals surface area contributed by atoms with Gasteiger partial charge in [0.05, 0.1) is 0 Å². The van der Waals surface area contributed by atoms with Crippen LogP contribution < -0.4 is 5.32 Å². The Bertz CT molecular complexity index is 364. The molecule has 1 fully saturated rings. The third-order valence-electron chi connectivity index (χ3n) is 3.22. The van der Waals surface area contributed by atoms with Crippen LogP contribution in [0.3, 0.4) is 0 Å². The van der Waals surface area contributed by atoms with Crippen molar-refractivity contribution in [2.24, 2.45) is 0 Å². The number of imide groups is 1. The van der Waals surface area contributed by atoms with Gasteiger partial charge in [0.1, 0.15) is 6.10 Å². The van der Waals surface area contributed by atoms with Crippen molar-refractivity contribution >= 4 is 12.0 Å². The molecule has 1 atom stereocenters. The molecule has 0 aromatic rings. The Morgan fingerprint density at radius 2 is 1.95 bits per heavy atom. The van der Waals surface area contributed by atoms with Crippen LogP contribution in [0.1, 0.15) is 54.4 Å². The molecule has 1 rings (SSSR count). The quantitative estimate of drug-likeness (QED) is 0.836. The molecular weight excluding hydrogens is 244 g/mol. The summed E-state index contributed by atoms with van der Waals surface area (Å²) in [6.07, 6.45) is 0.312. The van der Waals surface area contributed by atoms with Crippen LogP contribution in [0, 0.1) is 0 Å². The van der Waals surface area contributed by atoms with Crippen LogP contribution in [0.2, 0.25) is 0 Å². The van der Waals surface area contributed by atoms with E-state index in [0.29, 0.717) is 6.54 Å². The highest BCUT2D eigenvalue weighted by atomic mass is 16.6. The lowest BCUT2D eigenvalue weighted by molar-refractivity contribution is -0.130. The Morgan fingerprint density at radius 3 is 2.47 bits per heavy atom. The molecule has 0 aromatic carbocycles. The Morgan fingerprint density at radius 1 is 1.37 bits per heavy atom. The number of ether oxygens (including phenoxy) is 1. The summed E-state index contributed by atoms with van der Waals surface area (Å²) in [7, 11) is 0. The fraction of sp³-hybridized carbons (Fsp3) is 0.857. The number of nitrogens with zero attached hydrogens (tertiary/aromatic N) is 1. The predicted molar refractivity (Wildman–Crippen MR) is 73.9 cm³/mol. The molecule has 110 valence electrons. The zero-order chi connectivity index (χ0) is 14.8. The van der Waals surface area contributed by atoms with E-state index in [4.69, 9.17) is 4.74 Å². The summed E-state index contributed by atoms with van der Waals surface area (Å²) in [5.74, 6) is -0.184. The van der Waals surface area contributed by atoms with E-state index in [2.05, 4.69) is 5.32 Å². The average molecular weight is 270 g/mol. The van der Waals surface area contributed by atoms with Crippen molar-refractivity contribution in [2.75, 3.05) is 6.54 Å². The minimum atomic E-state index is -0.535. The molecule has 1 unspecified atom stereocenters. The van der Waals surface area contributed by atoms with E-state index in [1.165, 1.54) is 4.90 Å². The third kappa shape index (κ3) is 4.49. The van der Waals surface area contributed by atoms with Crippen molar-refractivity contribution < 1.29 is 14.3 Å². The molecular formula is C14H26N2O3. The van der Waals surface area contributed by atoms with Crippen molar-refractivity contribution in [1.29, 1.82) is 0 Å². The minimum Gasteiger partial charge on any atom is -0.446 e. The van der Waals surface area contributed by atoms with Gasteiger partial charge < -0.3 is 10.1 Å².